The van der Waals surface area contributed by atoms with Gasteiger partial charge in [-0.3, -0.25) is 0 Å². The Hall–Kier alpha value is -1.84. The minimum absolute atomic E-state index is 0.0970. The highest BCUT2D eigenvalue weighted by molar-refractivity contribution is 5.42. The SMILES string of the molecule is CCC(C)c1cnc(-c2ncc(C(C)(C)CC)cn2)nc1. The molecule has 2 rings (SSSR count). The molecule has 2 aromatic rings. The van der Waals surface area contributed by atoms with Crippen LogP contribution in [0.1, 0.15) is 64.5 Å². The van der Waals surface area contributed by atoms with Crippen LogP contribution in [-0.4, -0.2) is 19.9 Å². The zero-order valence-corrected chi connectivity index (χ0v) is 13.6. The van der Waals surface area contributed by atoms with Gasteiger partial charge in [0.1, 0.15) is 0 Å². The van der Waals surface area contributed by atoms with Crippen LogP contribution in [0.3, 0.4) is 0 Å². The van der Waals surface area contributed by atoms with Gasteiger partial charge in [0.15, 0.2) is 11.6 Å². The van der Waals surface area contributed by atoms with Crippen molar-refractivity contribution >= 4 is 0 Å². The van der Waals surface area contributed by atoms with Crippen molar-refractivity contribution in [3.8, 4) is 11.6 Å². The van der Waals surface area contributed by atoms with Crippen LogP contribution < -0.4 is 0 Å². The summed E-state index contributed by atoms with van der Waals surface area (Å²) in [5.74, 6) is 1.65. The van der Waals surface area contributed by atoms with Crippen LogP contribution in [0.25, 0.3) is 11.6 Å². The molecule has 0 fully saturated rings. The highest BCUT2D eigenvalue weighted by Gasteiger charge is 2.19. The maximum Gasteiger partial charge on any atom is 0.197 e. The van der Waals surface area contributed by atoms with E-state index >= 15 is 0 Å². The molecule has 0 spiro atoms. The summed E-state index contributed by atoms with van der Waals surface area (Å²) >= 11 is 0. The predicted molar refractivity (Wildman–Crippen MR) is 85.1 cm³/mol. The van der Waals surface area contributed by atoms with Crippen LogP contribution in [-0.2, 0) is 5.41 Å². The first kappa shape index (κ1) is 15.5. The van der Waals surface area contributed by atoms with Crippen LogP contribution in [0.15, 0.2) is 24.8 Å². The van der Waals surface area contributed by atoms with Crippen LogP contribution in [0.2, 0.25) is 0 Å². The van der Waals surface area contributed by atoms with Gasteiger partial charge in [0.05, 0.1) is 0 Å². The molecular formula is C17H24N4. The van der Waals surface area contributed by atoms with Crippen molar-refractivity contribution in [2.75, 3.05) is 0 Å². The van der Waals surface area contributed by atoms with E-state index in [0.717, 1.165) is 24.0 Å². The summed E-state index contributed by atoms with van der Waals surface area (Å²) in [6.07, 6.45) is 9.67. The van der Waals surface area contributed by atoms with Crippen molar-refractivity contribution < 1.29 is 0 Å². The van der Waals surface area contributed by atoms with Crippen LogP contribution in [0.4, 0.5) is 0 Å². The number of nitrogens with zero attached hydrogens (tertiary/aromatic N) is 4. The molecule has 1 unspecified atom stereocenters. The van der Waals surface area contributed by atoms with Gasteiger partial charge in [-0.25, -0.2) is 19.9 Å². The van der Waals surface area contributed by atoms with Crippen molar-refractivity contribution in [2.24, 2.45) is 0 Å². The molecule has 0 N–H and O–H groups in total. The van der Waals surface area contributed by atoms with Crippen molar-refractivity contribution in [3.63, 3.8) is 0 Å². The van der Waals surface area contributed by atoms with Crippen LogP contribution in [0, 0.1) is 0 Å². The fourth-order valence-corrected chi connectivity index (χ4v) is 1.94. The lowest BCUT2D eigenvalue weighted by Gasteiger charge is -2.22. The lowest BCUT2D eigenvalue weighted by molar-refractivity contribution is 0.502. The molecule has 4 nitrogen and oxygen atoms in total. The molecule has 0 aromatic carbocycles. The summed E-state index contributed by atoms with van der Waals surface area (Å²) in [5, 5.41) is 0. The first-order valence-corrected chi connectivity index (χ1v) is 7.62. The lowest BCUT2D eigenvalue weighted by atomic mass is 9.84. The summed E-state index contributed by atoms with van der Waals surface area (Å²) in [5.41, 5.74) is 2.40. The Bertz CT molecular complexity index is 573. The van der Waals surface area contributed by atoms with Gasteiger partial charge in [-0.2, -0.15) is 0 Å². The Balaban J connectivity index is 2.23. The molecule has 0 saturated carbocycles. The van der Waals surface area contributed by atoms with Gasteiger partial charge in [-0.05, 0) is 35.3 Å². The Morgan fingerprint density at radius 3 is 1.81 bits per heavy atom. The molecule has 1 atom stereocenters. The van der Waals surface area contributed by atoms with E-state index in [2.05, 4.69) is 54.6 Å². The van der Waals surface area contributed by atoms with Gasteiger partial charge in [0.2, 0.25) is 0 Å². The third kappa shape index (κ3) is 3.43. The van der Waals surface area contributed by atoms with Crippen molar-refractivity contribution in [2.45, 2.75) is 58.8 Å². The van der Waals surface area contributed by atoms with E-state index in [-0.39, 0.29) is 5.41 Å². The molecule has 0 bridgehead atoms. The van der Waals surface area contributed by atoms with Gasteiger partial charge in [-0.1, -0.05) is 34.6 Å². The van der Waals surface area contributed by atoms with E-state index in [1.807, 2.05) is 24.8 Å². The van der Waals surface area contributed by atoms with Gasteiger partial charge in [0, 0.05) is 24.8 Å². The maximum absolute atomic E-state index is 4.42. The Labute approximate surface area is 127 Å². The number of hydrogen-bond donors (Lipinski definition) is 0. The van der Waals surface area contributed by atoms with E-state index in [1.165, 1.54) is 0 Å². The zero-order valence-electron chi connectivity index (χ0n) is 13.6. The Morgan fingerprint density at radius 1 is 0.905 bits per heavy atom. The van der Waals surface area contributed by atoms with E-state index in [9.17, 15) is 0 Å². The van der Waals surface area contributed by atoms with Crippen molar-refractivity contribution in [1.29, 1.82) is 0 Å². The highest BCUT2D eigenvalue weighted by atomic mass is 15.0. The molecular weight excluding hydrogens is 260 g/mol. The first-order chi connectivity index (χ1) is 9.97. The smallest absolute Gasteiger partial charge is 0.197 e. The maximum atomic E-state index is 4.42. The number of hydrogen-bond acceptors (Lipinski definition) is 4. The van der Waals surface area contributed by atoms with E-state index in [0.29, 0.717) is 17.6 Å². The largest absolute Gasteiger partial charge is 0.233 e. The molecule has 2 heterocycles. The highest BCUT2D eigenvalue weighted by Crippen LogP contribution is 2.26. The minimum atomic E-state index is 0.0970. The summed E-state index contributed by atoms with van der Waals surface area (Å²) in [4.78, 5) is 17.6. The van der Waals surface area contributed by atoms with E-state index in [1.54, 1.807) is 0 Å². The Kier molecular flexibility index (Phi) is 4.66. The molecule has 0 saturated heterocycles. The van der Waals surface area contributed by atoms with Crippen molar-refractivity contribution in [1.82, 2.24) is 19.9 Å². The average molecular weight is 284 g/mol. The molecule has 0 amide bonds. The first-order valence-electron chi connectivity index (χ1n) is 7.62. The second-order valence-corrected chi connectivity index (χ2v) is 6.18. The van der Waals surface area contributed by atoms with Gasteiger partial charge >= 0.3 is 0 Å². The average Bonchev–Trinajstić information content (AvgIpc) is 2.54. The fraction of sp³-hybridized carbons (Fsp3) is 0.529. The van der Waals surface area contributed by atoms with Gasteiger partial charge in [0.25, 0.3) is 0 Å². The molecule has 0 aliphatic rings. The summed E-state index contributed by atoms with van der Waals surface area (Å²) in [7, 11) is 0. The van der Waals surface area contributed by atoms with Crippen molar-refractivity contribution in [3.05, 3.63) is 35.9 Å². The topological polar surface area (TPSA) is 51.6 Å². The second-order valence-electron chi connectivity index (χ2n) is 6.18. The molecule has 21 heavy (non-hydrogen) atoms. The summed E-state index contributed by atoms with van der Waals surface area (Å²) in [6.45, 7) is 10.9. The third-order valence-electron chi connectivity index (χ3n) is 4.37. The second kappa shape index (κ2) is 6.29. The molecule has 0 radical (unpaired) electrons. The van der Waals surface area contributed by atoms with Crippen LogP contribution >= 0.6 is 0 Å². The van der Waals surface area contributed by atoms with Gasteiger partial charge in [-0.15, -0.1) is 0 Å². The van der Waals surface area contributed by atoms with E-state index < -0.39 is 0 Å². The summed E-state index contributed by atoms with van der Waals surface area (Å²) < 4.78 is 0. The fourth-order valence-electron chi connectivity index (χ4n) is 1.94. The molecule has 0 aliphatic carbocycles. The monoisotopic (exact) mass is 284 g/mol. The molecule has 112 valence electrons. The molecule has 2 aromatic heterocycles. The zero-order chi connectivity index (χ0) is 15.5. The molecule has 4 heteroatoms. The minimum Gasteiger partial charge on any atom is -0.233 e. The van der Waals surface area contributed by atoms with E-state index in [4.69, 9.17) is 0 Å². The normalized spacial score (nSPS) is 13.2. The quantitative estimate of drug-likeness (QED) is 0.828. The predicted octanol–water partition coefficient (Wildman–Crippen LogP) is 4.13. The van der Waals surface area contributed by atoms with Crippen LogP contribution in [0.5, 0.6) is 0 Å². The number of aromatic nitrogens is 4. The lowest BCUT2D eigenvalue weighted by Crippen LogP contribution is -2.16. The Morgan fingerprint density at radius 2 is 1.38 bits per heavy atom. The molecule has 0 aliphatic heterocycles. The van der Waals surface area contributed by atoms with Gasteiger partial charge < -0.3 is 0 Å². The summed E-state index contributed by atoms with van der Waals surface area (Å²) in [6, 6.07) is 0. The standard InChI is InChI=1S/C17H24N4/c1-6-12(3)13-8-18-15(19-9-13)16-20-10-14(11-21-16)17(4,5)7-2/h8-12H,6-7H2,1-5H3. The third-order valence-corrected chi connectivity index (χ3v) is 4.37. The number of rotatable bonds is 5.